The summed E-state index contributed by atoms with van der Waals surface area (Å²) < 4.78 is 11.4. The van der Waals surface area contributed by atoms with E-state index in [1.165, 1.54) is 76.6 Å². The molecule has 2 saturated heterocycles. The molecule has 156 valence electrons. The first-order chi connectivity index (χ1) is 13.8. The Morgan fingerprint density at radius 2 is 1.86 bits per heavy atom. The molecule has 2 heterocycles. The zero-order chi connectivity index (χ0) is 19.2. The molecular weight excluding hydrogens is 348 g/mol. The summed E-state index contributed by atoms with van der Waals surface area (Å²) in [5.41, 5.74) is 1.35. The molecule has 0 spiro atoms. The Morgan fingerprint density at radius 3 is 2.57 bits per heavy atom. The first-order valence-electron chi connectivity index (χ1n) is 11.5. The van der Waals surface area contributed by atoms with E-state index in [0.29, 0.717) is 6.10 Å². The monoisotopic (exact) mass is 386 g/mol. The quantitative estimate of drug-likeness (QED) is 0.664. The van der Waals surface area contributed by atoms with Gasteiger partial charge in [0.25, 0.3) is 0 Å². The van der Waals surface area contributed by atoms with Crippen LogP contribution in [0.2, 0.25) is 0 Å². The number of hydrogen-bond donors (Lipinski definition) is 0. The molecule has 0 amide bonds. The molecule has 2 aliphatic heterocycles. The standard InChI is InChI=1S/C24H38N2O2/c1-27-23-9-4-6-21(16-23)18-25(19-24-10-5-15-28-24)17-20-11-13-26(14-12-20)22-7-2-3-8-22/h4,6,9,16,20,22,24H,2-3,5,7-8,10-15,17-19H2,1H3/t24-/m0/s1. The van der Waals surface area contributed by atoms with Crippen molar-refractivity contribution in [2.45, 2.75) is 70.1 Å². The molecule has 4 heteroatoms. The van der Waals surface area contributed by atoms with Crippen molar-refractivity contribution in [1.29, 1.82) is 0 Å². The van der Waals surface area contributed by atoms with Crippen LogP contribution in [0.15, 0.2) is 24.3 Å². The van der Waals surface area contributed by atoms with Gasteiger partial charge in [0.15, 0.2) is 0 Å². The number of piperidine rings is 1. The molecule has 0 N–H and O–H groups in total. The number of benzene rings is 1. The third-order valence-corrected chi connectivity index (χ3v) is 7.03. The number of methoxy groups -OCH3 is 1. The lowest BCUT2D eigenvalue weighted by Gasteiger charge is -2.38. The molecule has 0 bridgehead atoms. The SMILES string of the molecule is COc1cccc(CN(CC2CCN(C3CCCC3)CC2)C[C@@H]2CCCO2)c1. The van der Waals surface area contributed by atoms with Crippen LogP contribution in [0.1, 0.15) is 56.9 Å². The molecule has 28 heavy (non-hydrogen) atoms. The van der Waals surface area contributed by atoms with Gasteiger partial charge in [-0.15, -0.1) is 0 Å². The second kappa shape index (κ2) is 10.1. The highest BCUT2D eigenvalue weighted by Gasteiger charge is 2.28. The molecule has 4 rings (SSSR count). The second-order valence-corrected chi connectivity index (χ2v) is 9.10. The zero-order valence-corrected chi connectivity index (χ0v) is 17.7. The van der Waals surface area contributed by atoms with E-state index >= 15 is 0 Å². The average Bonchev–Trinajstić information content (AvgIpc) is 3.43. The van der Waals surface area contributed by atoms with Gasteiger partial charge in [-0.25, -0.2) is 0 Å². The topological polar surface area (TPSA) is 24.9 Å². The minimum Gasteiger partial charge on any atom is -0.497 e. The van der Waals surface area contributed by atoms with E-state index < -0.39 is 0 Å². The van der Waals surface area contributed by atoms with E-state index in [1.54, 1.807) is 7.11 Å². The lowest BCUT2D eigenvalue weighted by atomic mass is 9.94. The van der Waals surface area contributed by atoms with E-state index in [-0.39, 0.29) is 0 Å². The Labute approximate surface area is 171 Å². The Balaban J connectivity index is 1.33. The third-order valence-electron chi connectivity index (χ3n) is 7.03. The fourth-order valence-electron chi connectivity index (χ4n) is 5.44. The predicted octanol–water partition coefficient (Wildman–Crippen LogP) is 4.33. The van der Waals surface area contributed by atoms with E-state index in [9.17, 15) is 0 Å². The molecule has 1 atom stereocenters. The number of likely N-dealkylation sites (tertiary alicyclic amines) is 1. The van der Waals surface area contributed by atoms with Crippen molar-refractivity contribution in [3.63, 3.8) is 0 Å². The lowest BCUT2D eigenvalue weighted by Crippen LogP contribution is -2.43. The number of rotatable bonds is 8. The largest absolute Gasteiger partial charge is 0.497 e. The predicted molar refractivity (Wildman–Crippen MR) is 114 cm³/mol. The summed E-state index contributed by atoms with van der Waals surface area (Å²) in [5, 5.41) is 0. The summed E-state index contributed by atoms with van der Waals surface area (Å²) in [6, 6.07) is 9.45. The average molecular weight is 387 g/mol. The Kier molecular flexibility index (Phi) is 7.27. The van der Waals surface area contributed by atoms with Crippen LogP contribution in [-0.2, 0) is 11.3 Å². The van der Waals surface area contributed by atoms with Gasteiger partial charge < -0.3 is 14.4 Å². The first-order valence-corrected chi connectivity index (χ1v) is 11.5. The number of nitrogens with zero attached hydrogens (tertiary/aromatic N) is 2. The van der Waals surface area contributed by atoms with Crippen LogP contribution in [0, 0.1) is 5.92 Å². The second-order valence-electron chi connectivity index (χ2n) is 9.10. The minimum absolute atomic E-state index is 0.421. The van der Waals surface area contributed by atoms with Crippen LogP contribution in [0.3, 0.4) is 0 Å². The van der Waals surface area contributed by atoms with Crippen LogP contribution in [0.4, 0.5) is 0 Å². The fourth-order valence-corrected chi connectivity index (χ4v) is 5.44. The third kappa shape index (κ3) is 5.49. The Morgan fingerprint density at radius 1 is 1.04 bits per heavy atom. The lowest BCUT2D eigenvalue weighted by molar-refractivity contribution is 0.0540. The molecule has 0 radical (unpaired) electrons. The van der Waals surface area contributed by atoms with Crippen LogP contribution in [0.25, 0.3) is 0 Å². The number of ether oxygens (including phenoxy) is 2. The van der Waals surface area contributed by atoms with Gasteiger partial charge in [0, 0.05) is 32.3 Å². The highest BCUT2D eigenvalue weighted by Crippen LogP contribution is 2.29. The Hall–Kier alpha value is -1.10. The molecule has 1 aromatic carbocycles. The normalized spacial score (nSPS) is 25.0. The van der Waals surface area contributed by atoms with Crippen molar-refractivity contribution >= 4 is 0 Å². The Bertz CT molecular complexity index is 588. The van der Waals surface area contributed by atoms with Crippen LogP contribution >= 0.6 is 0 Å². The van der Waals surface area contributed by atoms with Crippen LogP contribution in [0.5, 0.6) is 5.75 Å². The molecule has 0 unspecified atom stereocenters. The summed E-state index contributed by atoms with van der Waals surface area (Å²) in [7, 11) is 1.75. The van der Waals surface area contributed by atoms with Crippen molar-refractivity contribution in [3.8, 4) is 5.75 Å². The summed E-state index contributed by atoms with van der Waals surface area (Å²) in [6.07, 6.45) is 11.3. The van der Waals surface area contributed by atoms with Gasteiger partial charge >= 0.3 is 0 Å². The highest BCUT2D eigenvalue weighted by molar-refractivity contribution is 5.28. The summed E-state index contributed by atoms with van der Waals surface area (Å²) >= 11 is 0. The van der Waals surface area contributed by atoms with Gasteiger partial charge in [0.05, 0.1) is 13.2 Å². The zero-order valence-electron chi connectivity index (χ0n) is 17.7. The highest BCUT2D eigenvalue weighted by atomic mass is 16.5. The van der Waals surface area contributed by atoms with Gasteiger partial charge in [-0.2, -0.15) is 0 Å². The molecule has 1 saturated carbocycles. The van der Waals surface area contributed by atoms with Crippen molar-refractivity contribution in [1.82, 2.24) is 9.80 Å². The van der Waals surface area contributed by atoms with Crippen molar-refractivity contribution in [2.24, 2.45) is 5.92 Å². The van der Waals surface area contributed by atoms with Crippen LogP contribution < -0.4 is 4.74 Å². The van der Waals surface area contributed by atoms with E-state index in [1.807, 2.05) is 6.07 Å². The first kappa shape index (κ1) is 20.2. The van der Waals surface area contributed by atoms with Gasteiger partial charge in [-0.3, -0.25) is 4.90 Å². The summed E-state index contributed by atoms with van der Waals surface area (Å²) in [5.74, 6) is 1.78. The van der Waals surface area contributed by atoms with Crippen molar-refractivity contribution in [2.75, 3.05) is 39.9 Å². The molecule has 1 aromatic rings. The molecule has 3 fully saturated rings. The van der Waals surface area contributed by atoms with E-state index in [0.717, 1.165) is 37.4 Å². The maximum atomic E-state index is 5.97. The smallest absolute Gasteiger partial charge is 0.119 e. The number of hydrogen-bond acceptors (Lipinski definition) is 4. The van der Waals surface area contributed by atoms with Crippen LogP contribution in [-0.4, -0.2) is 61.8 Å². The van der Waals surface area contributed by atoms with Gasteiger partial charge in [-0.05, 0) is 75.2 Å². The van der Waals surface area contributed by atoms with Crippen molar-refractivity contribution in [3.05, 3.63) is 29.8 Å². The minimum atomic E-state index is 0.421. The van der Waals surface area contributed by atoms with Gasteiger partial charge in [-0.1, -0.05) is 25.0 Å². The van der Waals surface area contributed by atoms with Gasteiger partial charge in [0.1, 0.15) is 5.75 Å². The molecule has 3 aliphatic rings. The maximum Gasteiger partial charge on any atom is 0.119 e. The summed E-state index contributed by atoms with van der Waals surface area (Å²) in [6.45, 7) is 6.83. The molecule has 4 nitrogen and oxygen atoms in total. The fraction of sp³-hybridized carbons (Fsp3) is 0.750. The molecule has 0 aromatic heterocycles. The van der Waals surface area contributed by atoms with Crippen molar-refractivity contribution < 1.29 is 9.47 Å². The maximum absolute atomic E-state index is 5.97. The molecular formula is C24H38N2O2. The van der Waals surface area contributed by atoms with E-state index in [4.69, 9.17) is 9.47 Å². The van der Waals surface area contributed by atoms with E-state index in [2.05, 4.69) is 28.0 Å². The van der Waals surface area contributed by atoms with Gasteiger partial charge in [0.2, 0.25) is 0 Å². The summed E-state index contributed by atoms with van der Waals surface area (Å²) in [4.78, 5) is 5.44. The molecule has 1 aliphatic carbocycles.